The van der Waals surface area contributed by atoms with Gasteiger partial charge >= 0.3 is 12.3 Å². The van der Waals surface area contributed by atoms with E-state index in [1.807, 2.05) is 12.1 Å². The molecule has 2 rings (SSSR count). The van der Waals surface area contributed by atoms with E-state index in [9.17, 15) is 9.18 Å². The van der Waals surface area contributed by atoms with E-state index < -0.39 is 12.3 Å². The highest BCUT2D eigenvalue weighted by molar-refractivity contribution is 5.84. The number of carbonyl (C=O) groups excluding carboxylic acids is 1. The molecule has 0 saturated heterocycles. The number of pyridine rings is 1. The van der Waals surface area contributed by atoms with Gasteiger partial charge in [-0.05, 0) is 19.1 Å². The molecule has 18 heavy (non-hydrogen) atoms. The van der Waals surface area contributed by atoms with Crippen molar-refractivity contribution in [2.75, 3.05) is 6.61 Å². The van der Waals surface area contributed by atoms with Crippen LogP contribution < -0.4 is 4.74 Å². The Hall–Kier alpha value is -2.17. The maximum Gasteiger partial charge on any atom is 0.381 e. The van der Waals surface area contributed by atoms with Gasteiger partial charge in [0.2, 0.25) is 0 Å². The Morgan fingerprint density at radius 3 is 2.94 bits per heavy atom. The molecule has 2 aromatic rings. The van der Waals surface area contributed by atoms with Crippen molar-refractivity contribution in [1.29, 1.82) is 0 Å². The first-order valence-electron chi connectivity index (χ1n) is 5.53. The summed E-state index contributed by atoms with van der Waals surface area (Å²) in [6.07, 6.45) is -0.565. The fourth-order valence-electron chi connectivity index (χ4n) is 1.54. The normalized spacial score (nSPS) is 12.1. The van der Waals surface area contributed by atoms with Crippen LogP contribution in [0.15, 0.2) is 36.5 Å². The predicted molar refractivity (Wildman–Crippen MR) is 63.9 cm³/mol. The molecule has 0 fully saturated rings. The highest BCUT2D eigenvalue weighted by Crippen LogP contribution is 2.24. The molecule has 0 spiro atoms. The van der Waals surface area contributed by atoms with Gasteiger partial charge in [-0.2, -0.15) is 4.39 Å². The Balaban J connectivity index is 2.24. The monoisotopic (exact) mass is 249 g/mol. The first-order valence-corrected chi connectivity index (χ1v) is 5.53. The average molecular weight is 249 g/mol. The minimum Gasteiger partial charge on any atom is -0.461 e. The van der Waals surface area contributed by atoms with Crippen LogP contribution in [0, 0.1) is 0 Å². The van der Waals surface area contributed by atoms with Crippen molar-refractivity contribution in [3.63, 3.8) is 0 Å². The first-order chi connectivity index (χ1) is 8.72. The number of benzene rings is 1. The molecule has 1 unspecified atom stereocenters. The number of hydrogen-bond donors (Lipinski definition) is 0. The summed E-state index contributed by atoms with van der Waals surface area (Å²) < 4.78 is 22.9. The number of hydrogen-bond acceptors (Lipinski definition) is 4. The van der Waals surface area contributed by atoms with Gasteiger partial charge in [-0.3, -0.25) is 4.98 Å². The highest BCUT2D eigenvalue weighted by Gasteiger charge is 2.21. The highest BCUT2D eigenvalue weighted by atomic mass is 19.1. The molecular formula is C13H12FNO3. The van der Waals surface area contributed by atoms with Gasteiger partial charge in [-0.1, -0.05) is 18.2 Å². The standard InChI is InChI=1S/C13H12FNO3/c1-2-17-13(16)12(14)18-10-7-3-5-9-6-4-8-15-11(9)10/h3-8,12H,2H2,1H3. The number of fused-ring (bicyclic) bond motifs is 1. The molecule has 0 aliphatic rings. The maximum atomic E-state index is 13.5. The van der Waals surface area contributed by atoms with Crippen molar-refractivity contribution < 1.29 is 18.7 Å². The third-order valence-electron chi connectivity index (χ3n) is 2.30. The quantitative estimate of drug-likeness (QED) is 0.781. The smallest absolute Gasteiger partial charge is 0.381 e. The van der Waals surface area contributed by atoms with Crippen LogP contribution in [0.2, 0.25) is 0 Å². The molecule has 0 amide bonds. The van der Waals surface area contributed by atoms with Gasteiger partial charge in [0, 0.05) is 11.6 Å². The lowest BCUT2D eigenvalue weighted by Crippen LogP contribution is -2.24. The zero-order chi connectivity index (χ0) is 13.0. The lowest BCUT2D eigenvalue weighted by Gasteiger charge is -2.11. The van der Waals surface area contributed by atoms with Crippen LogP contribution in [0.25, 0.3) is 10.9 Å². The van der Waals surface area contributed by atoms with Gasteiger partial charge in [0.25, 0.3) is 0 Å². The number of rotatable bonds is 4. The van der Waals surface area contributed by atoms with Crippen LogP contribution in [-0.2, 0) is 9.53 Å². The van der Waals surface area contributed by atoms with E-state index in [-0.39, 0.29) is 12.4 Å². The van der Waals surface area contributed by atoms with E-state index in [0.717, 1.165) is 5.39 Å². The molecule has 5 heteroatoms. The van der Waals surface area contributed by atoms with E-state index in [0.29, 0.717) is 5.52 Å². The molecule has 0 radical (unpaired) electrons. The summed E-state index contributed by atoms with van der Waals surface area (Å²) in [5.74, 6) is -0.820. The van der Waals surface area contributed by atoms with E-state index in [4.69, 9.17) is 4.74 Å². The zero-order valence-corrected chi connectivity index (χ0v) is 9.80. The summed E-state index contributed by atoms with van der Waals surface area (Å²) >= 11 is 0. The number of aromatic nitrogens is 1. The van der Waals surface area contributed by atoms with Gasteiger partial charge in [0.15, 0.2) is 0 Å². The summed E-state index contributed by atoms with van der Waals surface area (Å²) in [6.45, 7) is 1.71. The second-order valence-electron chi connectivity index (χ2n) is 3.52. The van der Waals surface area contributed by atoms with Crippen LogP contribution in [0.4, 0.5) is 4.39 Å². The molecule has 0 bridgehead atoms. The van der Waals surface area contributed by atoms with Crippen LogP contribution in [0.3, 0.4) is 0 Å². The van der Waals surface area contributed by atoms with Crippen LogP contribution in [0.5, 0.6) is 5.75 Å². The van der Waals surface area contributed by atoms with E-state index >= 15 is 0 Å². The lowest BCUT2D eigenvalue weighted by molar-refractivity contribution is -0.159. The third kappa shape index (κ3) is 2.56. The molecule has 1 aromatic heterocycles. The molecule has 0 aliphatic heterocycles. The molecule has 1 aromatic carbocycles. The number of halogens is 1. The summed E-state index contributed by atoms with van der Waals surface area (Å²) in [5, 5.41) is 0.811. The van der Waals surface area contributed by atoms with Crippen molar-refractivity contribution in [2.24, 2.45) is 0 Å². The van der Waals surface area contributed by atoms with Crippen molar-refractivity contribution in [2.45, 2.75) is 13.3 Å². The number of alkyl halides is 1. The first kappa shape index (κ1) is 12.3. The molecular weight excluding hydrogens is 237 g/mol. The van der Waals surface area contributed by atoms with Crippen LogP contribution in [0.1, 0.15) is 6.92 Å². The molecule has 0 N–H and O–H groups in total. The largest absolute Gasteiger partial charge is 0.461 e. The number of para-hydroxylation sites is 1. The second kappa shape index (κ2) is 5.44. The SMILES string of the molecule is CCOC(=O)C(F)Oc1cccc2cccnc12. The van der Waals surface area contributed by atoms with Gasteiger partial charge in [-0.15, -0.1) is 0 Å². The Kier molecular flexibility index (Phi) is 3.72. The summed E-state index contributed by atoms with van der Waals surface area (Å²) in [4.78, 5) is 15.2. The van der Waals surface area contributed by atoms with E-state index in [1.165, 1.54) is 0 Å². The van der Waals surface area contributed by atoms with E-state index in [2.05, 4.69) is 9.72 Å². The van der Waals surface area contributed by atoms with Crippen molar-refractivity contribution in [3.8, 4) is 5.75 Å². The molecule has 1 heterocycles. The molecule has 0 aliphatic carbocycles. The maximum absolute atomic E-state index is 13.5. The number of esters is 1. The Morgan fingerprint density at radius 1 is 1.39 bits per heavy atom. The van der Waals surface area contributed by atoms with Gasteiger partial charge in [0.05, 0.1) is 6.61 Å². The minimum absolute atomic E-state index is 0.108. The van der Waals surface area contributed by atoms with Crippen molar-refractivity contribution in [1.82, 2.24) is 4.98 Å². The number of nitrogens with zero attached hydrogens (tertiary/aromatic N) is 1. The summed E-state index contributed by atoms with van der Waals surface area (Å²) in [7, 11) is 0. The molecule has 94 valence electrons. The molecule has 1 atom stereocenters. The minimum atomic E-state index is -2.14. The molecule has 4 nitrogen and oxygen atoms in total. The Labute approximate surface area is 103 Å². The third-order valence-corrected chi connectivity index (χ3v) is 2.30. The molecule has 0 saturated carbocycles. The Bertz CT molecular complexity index is 553. The van der Waals surface area contributed by atoms with Gasteiger partial charge < -0.3 is 9.47 Å². The fraction of sp³-hybridized carbons (Fsp3) is 0.231. The second-order valence-corrected chi connectivity index (χ2v) is 3.52. The van der Waals surface area contributed by atoms with Gasteiger partial charge in [-0.25, -0.2) is 4.79 Å². The average Bonchev–Trinajstić information content (AvgIpc) is 2.39. The van der Waals surface area contributed by atoms with Crippen molar-refractivity contribution in [3.05, 3.63) is 36.5 Å². The fourth-order valence-corrected chi connectivity index (χ4v) is 1.54. The van der Waals surface area contributed by atoms with E-state index in [1.54, 1.807) is 31.3 Å². The predicted octanol–water partition coefficient (Wildman–Crippen LogP) is 2.47. The van der Waals surface area contributed by atoms with Crippen LogP contribution in [-0.4, -0.2) is 23.9 Å². The lowest BCUT2D eigenvalue weighted by atomic mass is 10.2. The van der Waals surface area contributed by atoms with Gasteiger partial charge in [0.1, 0.15) is 11.3 Å². The zero-order valence-electron chi connectivity index (χ0n) is 9.80. The Morgan fingerprint density at radius 2 is 2.17 bits per heavy atom. The topological polar surface area (TPSA) is 48.4 Å². The summed E-state index contributed by atoms with van der Waals surface area (Å²) in [5.41, 5.74) is 0.506. The number of carbonyl (C=O) groups is 1. The summed E-state index contributed by atoms with van der Waals surface area (Å²) in [6, 6.07) is 8.68. The number of ether oxygens (including phenoxy) is 2. The van der Waals surface area contributed by atoms with Crippen molar-refractivity contribution >= 4 is 16.9 Å². The van der Waals surface area contributed by atoms with Crippen LogP contribution >= 0.6 is 0 Å².